The maximum atomic E-state index is 13.0. The first-order valence-electron chi connectivity index (χ1n) is 3.98. The third-order valence-electron chi connectivity index (χ3n) is 1.84. The number of benzene rings is 1. The second-order valence-electron chi connectivity index (χ2n) is 2.66. The Morgan fingerprint density at radius 2 is 2.36 bits per heavy atom. The van der Waals surface area contributed by atoms with Gasteiger partial charge < -0.3 is 4.74 Å². The highest BCUT2D eigenvalue weighted by molar-refractivity contribution is 5.34. The molecule has 1 aromatic carbocycles. The van der Waals surface area contributed by atoms with Crippen LogP contribution in [0.5, 0.6) is 5.75 Å². The number of nitrogens with two attached hydrogens (primary N) is 1. The summed E-state index contributed by atoms with van der Waals surface area (Å²) < 4.78 is 17.8. The second kappa shape index (κ2) is 4.61. The van der Waals surface area contributed by atoms with E-state index in [1.165, 1.54) is 19.2 Å². The normalized spacial score (nSPS) is 11.9. The molecular weight excluding hydrogens is 183 g/mol. The van der Waals surface area contributed by atoms with Crippen LogP contribution in [-0.4, -0.2) is 7.11 Å². The second-order valence-corrected chi connectivity index (χ2v) is 2.66. The van der Waals surface area contributed by atoms with Gasteiger partial charge in [-0.15, -0.1) is 6.42 Å². The Morgan fingerprint density at radius 3 is 2.86 bits per heavy atom. The lowest BCUT2D eigenvalue weighted by atomic mass is 10.1. The number of methoxy groups -OCH3 is 1. The molecule has 0 amide bonds. The number of hydrazine groups is 1. The van der Waals surface area contributed by atoms with Crippen LogP contribution in [0.15, 0.2) is 18.2 Å². The molecule has 0 aliphatic carbocycles. The number of rotatable bonds is 3. The SMILES string of the molecule is C#CC(NN)c1ccc(F)c(OC)c1. The topological polar surface area (TPSA) is 47.3 Å². The zero-order valence-electron chi connectivity index (χ0n) is 7.75. The summed E-state index contributed by atoms with van der Waals surface area (Å²) in [6.45, 7) is 0. The van der Waals surface area contributed by atoms with Crippen molar-refractivity contribution in [2.24, 2.45) is 5.84 Å². The van der Waals surface area contributed by atoms with E-state index in [0.29, 0.717) is 5.56 Å². The zero-order valence-corrected chi connectivity index (χ0v) is 7.75. The smallest absolute Gasteiger partial charge is 0.165 e. The van der Waals surface area contributed by atoms with E-state index in [9.17, 15) is 4.39 Å². The summed E-state index contributed by atoms with van der Waals surface area (Å²) in [7, 11) is 1.39. The highest BCUT2D eigenvalue weighted by Gasteiger charge is 2.09. The molecule has 0 spiro atoms. The molecule has 0 aliphatic heterocycles. The van der Waals surface area contributed by atoms with Gasteiger partial charge >= 0.3 is 0 Å². The van der Waals surface area contributed by atoms with Crippen molar-refractivity contribution < 1.29 is 9.13 Å². The molecule has 1 atom stereocenters. The van der Waals surface area contributed by atoms with E-state index in [2.05, 4.69) is 11.3 Å². The van der Waals surface area contributed by atoms with E-state index in [1.807, 2.05) is 0 Å². The fraction of sp³-hybridized carbons (Fsp3) is 0.200. The molecule has 1 unspecified atom stereocenters. The van der Waals surface area contributed by atoms with Crippen molar-refractivity contribution in [3.05, 3.63) is 29.6 Å². The molecule has 1 rings (SSSR count). The summed E-state index contributed by atoms with van der Waals surface area (Å²) in [5, 5.41) is 0. The van der Waals surface area contributed by atoms with Gasteiger partial charge in [-0.2, -0.15) is 0 Å². The number of halogens is 1. The van der Waals surface area contributed by atoms with Gasteiger partial charge in [0.1, 0.15) is 6.04 Å². The maximum absolute atomic E-state index is 13.0. The van der Waals surface area contributed by atoms with Gasteiger partial charge in [0.05, 0.1) is 7.11 Å². The van der Waals surface area contributed by atoms with Gasteiger partial charge in [-0.05, 0) is 17.7 Å². The first-order valence-corrected chi connectivity index (χ1v) is 3.98. The predicted molar refractivity (Wildman–Crippen MR) is 51.8 cm³/mol. The molecule has 0 saturated heterocycles. The van der Waals surface area contributed by atoms with Crippen LogP contribution in [0.4, 0.5) is 4.39 Å². The van der Waals surface area contributed by atoms with Gasteiger partial charge in [0, 0.05) is 0 Å². The molecule has 3 N–H and O–H groups in total. The number of hydrogen-bond donors (Lipinski definition) is 2. The number of ether oxygens (including phenoxy) is 1. The van der Waals surface area contributed by atoms with Gasteiger partial charge in [0.15, 0.2) is 11.6 Å². The van der Waals surface area contributed by atoms with Crippen LogP contribution in [0.25, 0.3) is 0 Å². The maximum Gasteiger partial charge on any atom is 0.165 e. The van der Waals surface area contributed by atoms with Crippen LogP contribution in [0.1, 0.15) is 11.6 Å². The van der Waals surface area contributed by atoms with Crippen LogP contribution in [-0.2, 0) is 0 Å². The van der Waals surface area contributed by atoms with Gasteiger partial charge in [-0.3, -0.25) is 5.84 Å². The van der Waals surface area contributed by atoms with E-state index in [-0.39, 0.29) is 5.75 Å². The molecule has 0 saturated carbocycles. The number of terminal acetylenes is 1. The van der Waals surface area contributed by atoms with Crippen molar-refractivity contribution in [1.82, 2.24) is 5.43 Å². The van der Waals surface area contributed by atoms with Crippen molar-refractivity contribution in [3.63, 3.8) is 0 Å². The molecule has 0 aliphatic rings. The molecule has 0 radical (unpaired) electrons. The van der Waals surface area contributed by atoms with Crippen LogP contribution in [0, 0.1) is 18.2 Å². The fourth-order valence-electron chi connectivity index (χ4n) is 1.10. The average Bonchev–Trinajstić information content (AvgIpc) is 2.22. The van der Waals surface area contributed by atoms with Gasteiger partial charge in [0.2, 0.25) is 0 Å². The first kappa shape index (κ1) is 10.5. The summed E-state index contributed by atoms with van der Waals surface area (Å²) in [6, 6.07) is 3.92. The summed E-state index contributed by atoms with van der Waals surface area (Å²) in [5.41, 5.74) is 3.11. The Bertz CT molecular complexity index is 360. The lowest BCUT2D eigenvalue weighted by Gasteiger charge is -2.11. The van der Waals surface area contributed by atoms with Crippen LogP contribution >= 0.6 is 0 Å². The summed E-state index contributed by atoms with van der Waals surface area (Å²) in [4.78, 5) is 0. The summed E-state index contributed by atoms with van der Waals surface area (Å²) in [6.07, 6.45) is 5.22. The van der Waals surface area contributed by atoms with Crippen molar-refractivity contribution in [3.8, 4) is 18.1 Å². The largest absolute Gasteiger partial charge is 0.494 e. The Kier molecular flexibility index (Phi) is 3.46. The Labute approximate surface area is 82.0 Å². The first-order chi connectivity index (χ1) is 6.72. The van der Waals surface area contributed by atoms with E-state index < -0.39 is 11.9 Å². The molecule has 0 heterocycles. The monoisotopic (exact) mass is 194 g/mol. The highest BCUT2D eigenvalue weighted by atomic mass is 19.1. The minimum Gasteiger partial charge on any atom is -0.494 e. The average molecular weight is 194 g/mol. The molecule has 4 heteroatoms. The zero-order chi connectivity index (χ0) is 10.6. The lowest BCUT2D eigenvalue weighted by molar-refractivity contribution is 0.385. The lowest BCUT2D eigenvalue weighted by Crippen LogP contribution is -2.26. The molecular formula is C10H11FN2O. The molecule has 0 bridgehead atoms. The Morgan fingerprint density at radius 1 is 1.64 bits per heavy atom. The van der Waals surface area contributed by atoms with Crippen LogP contribution in [0.3, 0.4) is 0 Å². The van der Waals surface area contributed by atoms with E-state index in [0.717, 1.165) is 0 Å². The third kappa shape index (κ3) is 2.02. The van der Waals surface area contributed by atoms with E-state index in [4.69, 9.17) is 17.0 Å². The molecule has 14 heavy (non-hydrogen) atoms. The highest BCUT2D eigenvalue weighted by Crippen LogP contribution is 2.21. The minimum absolute atomic E-state index is 0.151. The molecule has 1 aromatic rings. The van der Waals surface area contributed by atoms with Crippen LogP contribution in [0.2, 0.25) is 0 Å². The van der Waals surface area contributed by atoms with Crippen molar-refractivity contribution in [1.29, 1.82) is 0 Å². The van der Waals surface area contributed by atoms with Crippen molar-refractivity contribution in [2.75, 3.05) is 7.11 Å². The number of nitrogens with one attached hydrogen (secondary N) is 1. The van der Waals surface area contributed by atoms with Crippen molar-refractivity contribution in [2.45, 2.75) is 6.04 Å². The Hall–Kier alpha value is -1.57. The summed E-state index contributed by atoms with van der Waals surface area (Å²) >= 11 is 0. The van der Waals surface area contributed by atoms with E-state index in [1.54, 1.807) is 6.07 Å². The third-order valence-corrected chi connectivity index (χ3v) is 1.84. The molecule has 0 fully saturated rings. The van der Waals surface area contributed by atoms with Gasteiger partial charge in [-0.1, -0.05) is 12.0 Å². The summed E-state index contributed by atoms with van der Waals surface area (Å²) in [5.74, 6) is 7.37. The molecule has 0 aromatic heterocycles. The number of hydrogen-bond acceptors (Lipinski definition) is 3. The molecule has 3 nitrogen and oxygen atoms in total. The predicted octanol–water partition coefficient (Wildman–Crippen LogP) is 0.972. The van der Waals surface area contributed by atoms with Crippen LogP contribution < -0.4 is 16.0 Å². The quantitative estimate of drug-likeness (QED) is 0.428. The minimum atomic E-state index is -0.440. The standard InChI is InChI=1S/C10H11FN2O/c1-3-9(13-12)7-4-5-8(11)10(6-7)14-2/h1,4-6,9,13H,12H2,2H3. The Balaban J connectivity index is 3.06. The van der Waals surface area contributed by atoms with Crippen molar-refractivity contribution >= 4 is 0 Å². The molecule has 74 valence electrons. The van der Waals surface area contributed by atoms with E-state index >= 15 is 0 Å². The van der Waals surface area contributed by atoms with Gasteiger partial charge in [0.25, 0.3) is 0 Å². The van der Waals surface area contributed by atoms with Gasteiger partial charge in [-0.25, -0.2) is 9.82 Å². The fourth-order valence-corrected chi connectivity index (χ4v) is 1.10.